The molecule has 1 fully saturated rings. The van der Waals surface area contributed by atoms with E-state index in [0.29, 0.717) is 23.6 Å². The van der Waals surface area contributed by atoms with E-state index in [-0.39, 0.29) is 5.56 Å². The molecule has 1 heterocycles. The summed E-state index contributed by atoms with van der Waals surface area (Å²) in [5, 5.41) is 0.747. The standard InChI is InChI=1S/C17H21BrNO4P/c1-11-15(10-24(21,22)23)14-7-6-13(18)8-16(14)19(17(11)20)9-12-4-2-3-5-12/h6-8,12H,2-5,9-10H2,1H3,(H2,21,22,23). The van der Waals surface area contributed by atoms with Gasteiger partial charge in [-0.1, -0.05) is 34.8 Å². The summed E-state index contributed by atoms with van der Waals surface area (Å²) < 4.78 is 14.1. The second kappa shape index (κ2) is 6.75. The molecule has 1 aromatic carbocycles. The van der Waals surface area contributed by atoms with E-state index in [1.54, 1.807) is 11.5 Å². The molecular weight excluding hydrogens is 393 g/mol. The lowest BCUT2D eigenvalue weighted by atomic mass is 10.0. The quantitative estimate of drug-likeness (QED) is 0.743. The van der Waals surface area contributed by atoms with Gasteiger partial charge in [0.2, 0.25) is 0 Å². The van der Waals surface area contributed by atoms with Crippen molar-refractivity contribution < 1.29 is 14.4 Å². The zero-order valence-corrected chi connectivity index (χ0v) is 16.0. The SMILES string of the molecule is Cc1c(CP(=O)(O)O)c2ccc(Br)cc2n(CC2CCCC2)c1=O. The van der Waals surface area contributed by atoms with Gasteiger partial charge in [0.15, 0.2) is 0 Å². The van der Waals surface area contributed by atoms with Crippen LogP contribution in [0.1, 0.15) is 36.8 Å². The normalized spacial score (nSPS) is 16.2. The van der Waals surface area contributed by atoms with Crippen molar-refractivity contribution in [3.05, 3.63) is 44.2 Å². The number of halogens is 1. The summed E-state index contributed by atoms with van der Waals surface area (Å²) in [6, 6.07) is 5.55. The molecule has 7 heteroatoms. The fraction of sp³-hybridized carbons (Fsp3) is 0.471. The third kappa shape index (κ3) is 3.67. The van der Waals surface area contributed by atoms with E-state index in [2.05, 4.69) is 15.9 Å². The number of pyridine rings is 1. The summed E-state index contributed by atoms with van der Waals surface area (Å²) >= 11 is 3.44. The molecule has 2 N–H and O–H groups in total. The number of rotatable bonds is 4. The van der Waals surface area contributed by atoms with E-state index < -0.39 is 13.8 Å². The molecule has 0 bridgehead atoms. The summed E-state index contributed by atoms with van der Waals surface area (Å²) in [7, 11) is -4.25. The van der Waals surface area contributed by atoms with Crippen molar-refractivity contribution in [3.8, 4) is 0 Å². The highest BCUT2D eigenvalue weighted by Crippen LogP contribution is 2.41. The first-order valence-electron chi connectivity index (χ1n) is 8.12. The molecule has 0 amide bonds. The molecule has 0 radical (unpaired) electrons. The van der Waals surface area contributed by atoms with Gasteiger partial charge in [-0.25, -0.2) is 0 Å². The second-order valence-electron chi connectivity index (χ2n) is 6.65. The van der Waals surface area contributed by atoms with E-state index in [4.69, 9.17) is 0 Å². The lowest BCUT2D eigenvalue weighted by Gasteiger charge is -2.19. The van der Waals surface area contributed by atoms with Crippen molar-refractivity contribution in [1.29, 1.82) is 0 Å². The molecule has 0 saturated heterocycles. The lowest BCUT2D eigenvalue weighted by Crippen LogP contribution is -2.27. The molecule has 0 atom stereocenters. The number of fused-ring (bicyclic) bond motifs is 1. The van der Waals surface area contributed by atoms with Crippen molar-refractivity contribution >= 4 is 34.4 Å². The van der Waals surface area contributed by atoms with Crippen molar-refractivity contribution in [2.75, 3.05) is 0 Å². The van der Waals surface area contributed by atoms with Crippen molar-refractivity contribution in [1.82, 2.24) is 4.57 Å². The highest BCUT2D eigenvalue weighted by atomic mass is 79.9. The van der Waals surface area contributed by atoms with Gasteiger partial charge >= 0.3 is 7.60 Å². The van der Waals surface area contributed by atoms with Gasteiger partial charge in [0.05, 0.1) is 11.7 Å². The van der Waals surface area contributed by atoms with Crippen LogP contribution in [0.3, 0.4) is 0 Å². The first-order chi connectivity index (χ1) is 11.3. The molecule has 3 rings (SSSR count). The van der Waals surface area contributed by atoms with Crippen LogP contribution in [0.15, 0.2) is 27.5 Å². The number of hydrogen-bond acceptors (Lipinski definition) is 2. The minimum absolute atomic E-state index is 0.143. The van der Waals surface area contributed by atoms with Crippen LogP contribution < -0.4 is 5.56 Å². The molecule has 0 unspecified atom stereocenters. The number of nitrogens with zero attached hydrogens (tertiary/aromatic N) is 1. The van der Waals surface area contributed by atoms with Gasteiger partial charge in [0.1, 0.15) is 0 Å². The molecule has 2 aromatic rings. The van der Waals surface area contributed by atoms with Gasteiger partial charge in [-0.3, -0.25) is 9.36 Å². The molecule has 5 nitrogen and oxygen atoms in total. The van der Waals surface area contributed by atoms with Crippen LogP contribution >= 0.6 is 23.5 Å². The Bertz CT molecular complexity index is 880. The minimum Gasteiger partial charge on any atom is -0.324 e. The number of hydrogen-bond donors (Lipinski definition) is 2. The van der Waals surface area contributed by atoms with Crippen LogP contribution in [0.25, 0.3) is 10.9 Å². The summed E-state index contributed by atoms with van der Waals surface area (Å²) in [5.74, 6) is 0.497. The fourth-order valence-electron chi connectivity index (χ4n) is 3.67. The first-order valence-corrected chi connectivity index (χ1v) is 10.7. The Labute approximate surface area is 149 Å². The number of benzene rings is 1. The van der Waals surface area contributed by atoms with Crippen molar-refractivity contribution in [3.63, 3.8) is 0 Å². The van der Waals surface area contributed by atoms with Gasteiger partial charge in [-0.05, 0) is 43.4 Å². The Hall–Kier alpha value is -0.940. The monoisotopic (exact) mass is 413 g/mol. The van der Waals surface area contributed by atoms with Crippen LogP contribution in [0.5, 0.6) is 0 Å². The second-order valence-corrected chi connectivity index (χ2v) is 9.22. The van der Waals surface area contributed by atoms with Crippen LogP contribution in [0.4, 0.5) is 0 Å². The molecule has 0 spiro atoms. The predicted molar refractivity (Wildman–Crippen MR) is 98.4 cm³/mol. The highest BCUT2D eigenvalue weighted by Gasteiger charge is 2.23. The zero-order chi connectivity index (χ0) is 17.5. The third-order valence-electron chi connectivity index (χ3n) is 4.87. The molecule has 24 heavy (non-hydrogen) atoms. The molecule has 1 aliphatic rings. The van der Waals surface area contributed by atoms with E-state index in [0.717, 1.165) is 28.2 Å². The number of aromatic nitrogens is 1. The van der Waals surface area contributed by atoms with Crippen molar-refractivity contribution in [2.45, 2.75) is 45.3 Å². The van der Waals surface area contributed by atoms with Gasteiger partial charge < -0.3 is 14.4 Å². The van der Waals surface area contributed by atoms with Crippen LogP contribution in [0.2, 0.25) is 0 Å². The minimum atomic E-state index is -4.25. The smallest absolute Gasteiger partial charge is 0.324 e. The van der Waals surface area contributed by atoms with Crippen LogP contribution in [-0.2, 0) is 17.3 Å². The summed E-state index contributed by atoms with van der Waals surface area (Å²) in [6.07, 6.45) is 4.26. The Balaban J connectivity index is 2.23. The van der Waals surface area contributed by atoms with E-state index in [9.17, 15) is 19.1 Å². The topological polar surface area (TPSA) is 79.5 Å². The highest BCUT2D eigenvalue weighted by molar-refractivity contribution is 9.10. The van der Waals surface area contributed by atoms with Gasteiger partial charge in [0, 0.05) is 22.0 Å². The molecule has 1 saturated carbocycles. The van der Waals surface area contributed by atoms with Crippen LogP contribution in [0, 0.1) is 12.8 Å². The summed E-state index contributed by atoms with van der Waals surface area (Å²) in [5.41, 5.74) is 1.50. The molecule has 1 aromatic heterocycles. The Morgan fingerprint density at radius 3 is 2.58 bits per heavy atom. The maximum absolute atomic E-state index is 12.9. The summed E-state index contributed by atoms with van der Waals surface area (Å²) in [4.78, 5) is 31.7. The maximum Gasteiger partial charge on any atom is 0.329 e. The molecule has 0 aliphatic heterocycles. The Morgan fingerprint density at radius 2 is 1.96 bits per heavy atom. The first kappa shape index (κ1) is 17.9. The van der Waals surface area contributed by atoms with E-state index in [1.807, 2.05) is 18.2 Å². The summed E-state index contributed by atoms with van der Waals surface area (Å²) in [6.45, 7) is 2.34. The van der Waals surface area contributed by atoms with Gasteiger partial charge in [0.25, 0.3) is 5.56 Å². The van der Waals surface area contributed by atoms with E-state index >= 15 is 0 Å². The largest absolute Gasteiger partial charge is 0.329 e. The lowest BCUT2D eigenvalue weighted by molar-refractivity contribution is 0.371. The fourth-order valence-corrected chi connectivity index (χ4v) is 4.84. The van der Waals surface area contributed by atoms with Gasteiger partial charge in [-0.15, -0.1) is 0 Å². The predicted octanol–water partition coefficient (Wildman–Crippen LogP) is 3.94. The van der Waals surface area contributed by atoms with E-state index in [1.165, 1.54) is 12.8 Å². The zero-order valence-electron chi connectivity index (χ0n) is 13.5. The van der Waals surface area contributed by atoms with Gasteiger partial charge in [-0.2, -0.15) is 0 Å². The average Bonchev–Trinajstić information content (AvgIpc) is 3.00. The average molecular weight is 414 g/mol. The molecule has 1 aliphatic carbocycles. The van der Waals surface area contributed by atoms with Crippen molar-refractivity contribution in [2.24, 2.45) is 5.92 Å². The van der Waals surface area contributed by atoms with Crippen LogP contribution in [-0.4, -0.2) is 14.4 Å². The third-order valence-corrected chi connectivity index (χ3v) is 6.10. The molecule has 130 valence electrons. The Kier molecular flexibility index (Phi) is 5.03. The Morgan fingerprint density at radius 1 is 1.29 bits per heavy atom. The maximum atomic E-state index is 12.9. The molecular formula is C17H21BrNO4P.